The number of fused-ring (bicyclic) bond motifs is 1. The second-order valence-corrected chi connectivity index (χ2v) is 5.93. The van der Waals surface area contributed by atoms with Gasteiger partial charge in [0.15, 0.2) is 0 Å². The summed E-state index contributed by atoms with van der Waals surface area (Å²) >= 11 is 0. The van der Waals surface area contributed by atoms with Gasteiger partial charge < -0.3 is 11.1 Å². The maximum Gasteiger partial charge on any atom is 0.223 e. The molecule has 0 bridgehead atoms. The van der Waals surface area contributed by atoms with Gasteiger partial charge in [0.25, 0.3) is 0 Å². The van der Waals surface area contributed by atoms with Gasteiger partial charge in [-0.25, -0.2) is 9.97 Å². The number of rotatable bonds is 4. The fourth-order valence-corrected chi connectivity index (χ4v) is 3.12. The van der Waals surface area contributed by atoms with Crippen LogP contribution in [-0.4, -0.2) is 9.97 Å². The average molecular weight is 296 g/mol. The van der Waals surface area contributed by atoms with Crippen molar-refractivity contribution >= 4 is 11.6 Å². The minimum absolute atomic E-state index is 0.279. The Morgan fingerprint density at radius 2 is 1.86 bits per heavy atom. The number of anilines is 2. The van der Waals surface area contributed by atoms with Gasteiger partial charge in [-0.2, -0.15) is 0 Å². The van der Waals surface area contributed by atoms with Crippen molar-refractivity contribution in [2.24, 2.45) is 0 Å². The molecule has 1 heterocycles. The first-order valence-corrected chi connectivity index (χ1v) is 8.21. The highest BCUT2D eigenvalue weighted by molar-refractivity contribution is 5.48. The Morgan fingerprint density at radius 1 is 1.14 bits per heavy atom. The average Bonchev–Trinajstić information content (AvgIpc) is 2.54. The van der Waals surface area contributed by atoms with Crippen LogP contribution in [0.4, 0.5) is 11.6 Å². The van der Waals surface area contributed by atoms with Gasteiger partial charge in [0.05, 0.1) is 6.04 Å². The van der Waals surface area contributed by atoms with Crippen LogP contribution in [0.3, 0.4) is 0 Å². The summed E-state index contributed by atoms with van der Waals surface area (Å²) in [7, 11) is 0. The quantitative estimate of drug-likeness (QED) is 0.845. The molecule has 2 aromatic rings. The van der Waals surface area contributed by atoms with Crippen molar-refractivity contribution in [3.05, 3.63) is 46.8 Å². The molecule has 3 rings (SSSR count). The van der Waals surface area contributed by atoms with Crippen molar-refractivity contribution in [3.63, 3.8) is 0 Å². The lowest BCUT2D eigenvalue weighted by Gasteiger charge is -2.27. The maximum absolute atomic E-state index is 5.91. The summed E-state index contributed by atoms with van der Waals surface area (Å²) < 4.78 is 0. The molecule has 0 saturated heterocycles. The van der Waals surface area contributed by atoms with E-state index in [0.717, 1.165) is 48.7 Å². The van der Waals surface area contributed by atoms with Gasteiger partial charge in [-0.1, -0.05) is 19.9 Å². The van der Waals surface area contributed by atoms with Gasteiger partial charge in [0, 0.05) is 17.1 Å². The number of benzene rings is 1. The largest absolute Gasteiger partial charge is 0.399 e. The van der Waals surface area contributed by atoms with Crippen molar-refractivity contribution in [1.82, 2.24) is 9.97 Å². The predicted octanol–water partition coefficient (Wildman–Crippen LogP) is 3.67. The molecule has 0 spiro atoms. The van der Waals surface area contributed by atoms with Gasteiger partial charge in [0.1, 0.15) is 0 Å². The normalized spacial score (nSPS) is 17.1. The lowest BCUT2D eigenvalue weighted by atomic mass is 9.87. The third-order valence-electron chi connectivity index (χ3n) is 4.34. The zero-order chi connectivity index (χ0) is 15.5. The Balaban J connectivity index is 1.88. The molecule has 1 atom stereocenters. The van der Waals surface area contributed by atoms with E-state index in [-0.39, 0.29) is 6.04 Å². The van der Waals surface area contributed by atoms with E-state index < -0.39 is 0 Å². The summed E-state index contributed by atoms with van der Waals surface area (Å²) in [6.07, 6.45) is 5.25. The molecule has 0 fully saturated rings. The number of nitrogen functional groups attached to an aromatic ring is 1. The fraction of sp³-hybridized carbons (Fsp3) is 0.444. The molecule has 22 heavy (non-hydrogen) atoms. The number of hydrogen-bond donors (Lipinski definition) is 2. The molecule has 4 heteroatoms. The molecule has 0 saturated carbocycles. The van der Waals surface area contributed by atoms with Gasteiger partial charge in [-0.05, 0) is 61.4 Å². The van der Waals surface area contributed by atoms with Crippen LogP contribution in [0.1, 0.15) is 55.2 Å². The lowest BCUT2D eigenvalue weighted by Crippen LogP contribution is -2.19. The van der Waals surface area contributed by atoms with Crippen LogP contribution in [0.5, 0.6) is 0 Å². The molecule has 1 aliphatic rings. The SMILES string of the molecule is CCc1cc(CC)nc(NC2CCCc3cc(N)ccc32)n1. The van der Waals surface area contributed by atoms with E-state index in [4.69, 9.17) is 5.73 Å². The minimum Gasteiger partial charge on any atom is -0.399 e. The van der Waals surface area contributed by atoms with E-state index in [2.05, 4.69) is 47.3 Å². The molecule has 0 amide bonds. The Morgan fingerprint density at radius 3 is 2.55 bits per heavy atom. The molecule has 4 nitrogen and oxygen atoms in total. The number of hydrogen-bond acceptors (Lipinski definition) is 4. The third-order valence-corrected chi connectivity index (χ3v) is 4.34. The molecular weight excluding hydrogens is 272 g/mol. The van der Waals surface area contributed by atoms with Crippen LogP contribution in [0.25, 0.3) is 0 Å². The van der Waals surface area contributed by atoms with Gasteiger partial charge in [-0.3, -0.25) is 0 Å². The van der Waals surface area contributed by atoms with Crippen molar-refractivity contribution in [2.75, 3.05) is 11.1 Å². The van der Waals surface area contributed by atoms with E-state index in [1.165, 1.54) is 17.5 Å². The summed E-state index contributed by atoms with van der Waals surface area (Å²) in [5, 5.41) is 3.54. The molecule has 1 aliphatic carbocycles. The topological polar surface area (TPSA) is 63.8 Å². The molecule has 116 valence electrons. The monoisotopic (exact) mass is 296 g/mol. The Kier molecular flexibility index (Phi) is 4.27. The molecule has 1 unspecified atom stereocenters. The maximum atomic E-state index is 5.91. The first-order chi connectivity index (χ1) is 10.7. The van der Waals surface area contributed by atoms with Crippen LogP contribution in [-0.2, 0) is 19.3 Å². The Bertz CT molecular complexity index is 644. The lowest BCUT2D eigenvalue weighted by molar-refractivity contribution is 0.596. The molecule has 1 aromatic carbocycles. The first kappa shape index (κ1) is 14.8. The summed E-state index contributed by atoms with van der Waals surface area (Å²) in [6.45, 7) is 4.26. The van der Waals surface area contributed by atoms with Crippen molar-refractivity contribution in [2.45, 2.75) is 52.0 Å². The molecular formula is C18H24N4. The molecule has 0 radical (unpaired) electrons. The van der Waals surface area contributed by atoms with Crippen LogP contribution in [0.15, 0.2) is 24.3 Å². The van der Waals surface area contributed by atoms with Gasteiger partial charge in [-0.15, -0.1) is 0 Å². The third kappa shape index (κ3) is 3.06. The highest BCUT2D eigenvalue weighted by atomic mass is 15.1. The summed E-state index contributed by atoms with van der Waals surface area (Å²) in [4.78, 5) is 9.28. The zero-order valence-corrected chi connectivity index (χ0v) is 13.4. The molecule has 0 aliphatic heterocycles. The van der Waals surface area contributed by atoms with Crippen molar-refractivity contribution in [1.29, 1.82) is 0 Å². The highest BCUT2D eigenvalue weighted by Gasteiger charge is 2.21. The molecule has 1 aromatic heterocycles. The summed E-state index contributed by atoms with van der Waals surface area (Å²) in [5.74, 6) is 0.755. The smallest absolute Gasteiger partial charge is 0.223 e. The van der Waals surface area contributed by atoms with E-state index >= 15 is 0 Å². The number of aryl methyl sites for hydroxylation is 3. The minimum atomic E-state index is 0.279. The number of nitrogens with zero attached hydrogens (tertiary/aromatic N) is 2. The predicted molar refractivity (Wildman–Crippen MR) is 90.9 cm³/mol. The standard InChI is InChI=1S/C18H24N4/c1-3-14-11-15(4-2)21-18(20-14)22-17-7-5-6-12-10-13(19)8-9-16(12)17/h8-11,17H,3-7,19H2,1-2H3,(H,20,21,22). The van der Waals surface area contributed by atoms with Crippen LogP contribution < -0.4 is 11.1 Å². The van der Waals surface area contributed by atoms with E-state index in [1.54, 1.807) is 0 Å². The second-order valence-electron chi connectivity index (χ2n) is 5.93. The van der Waals surface area contributed by atoms with Crippen LogP contribution in [0, 0.1) is 0 Å². The number of nitrogens with one attached hydrogen (secondary N) is 1. The highest BCUT2D eigenvalue weighted by Crippen LogP contribution is 2.33. The summed E-state index contributed by atoms with van der Waals surface area (Å²) in [5.41, 5.74) is 11.6. The summed E-state index contributed by atoms with van der Waals surface area (Å²) in [6, 6.07) is 8.61. The Hall–Kier alpha value is -2.10. The van der Waals surface area contributed by atoms with Crippen LogP contribution in [0.2, 0.25) is 0 Å². The fourth-order valence-electron chi connectivity index (χ4n) is 3.12. The van der Waals surface area contributed by atoms with Gasteiger partial charge >= 0.3 is 0 Å². The van der Waals surface area contributed by atoms with Gasteiger partial charge in [0.2, 0.25) is 5.95 Å². The number of aromatic nitrogens is 2. The molecule has 3 N–H and O–H groups in total. The van der Waals surface area contributed by atoms with Crippen molar-refractivity contribution in [3.8, 4) is 0 Å². The Labute approximate surface area is 132 Å². The zero-order valence-electron chi connectivity index (χ0n) is 13.4. The van der Waals surface area contributed by atoms with E-state index in [9.17, 15) is 0 Å². The number of nitrogens with two attached hydrogens (primary N) is 1. The van der Waals surface area contributed by atoms with E-state index in [0.29, 0.717) is 0 Å². The van der Waals surface area contributed by atoms with Crippen molar-refractivity contribution < 1.29 is 0 Å². The van der Waals surface area contributed by atoms with Crippen LogP contribution >= 0.6 is 0 Å². The first-order valence-electron chi connectivity index (χ1n) is 8.21. The second kappa shape index (κ2) is 6.34. The van der Waals surface area contributed by atoms with E-state index in [1.807, 2.05) is 6.07 Å².